The minimum atomic E-state index is -2.88. The van der Waals surface area contributed by atoms with Crippen molar-refractivity contribution in [2.75, 3.05) is 5.32 Å². The largest absolute Gasteiger partial charge is 0.435 e. The molecule has 3 rings (SSSR count). The van der Waals surface area contributed by atoms with Crippen molar-refractivity contribution in [3.8, 4) is 5.75 Å². The number of alkyl halides is 2. The van der Waals surface area contributed by atoms with E-state index < -0.39 is 12.7 Å². The lowest BCUT2D eigenvalue weighted by Gasteiger charge is -2.15. The van der Waals surface area contributed by atoms with Gasteiger partial charge in [-0.1, -0.05) is 12.1 Å². The zero-order valence-corrected chi connectivity index (χ0v) is 12.8. The van der Waals surface area contributed by atoms with E-state index in [1.807, 2.05) is 24.3 Å². The van der Waals surface area contributed by atoms with Gasteiger partial charge >= 0.3 is 6.61 Å². The Morgan fingerprint density at radius 2 is 1.88 bits per heavy atom. The Morgan fingerprint density at radius 3 is 2.58 bits per heavy atom. The summed E-state index contributed by atoms with van der Waals surface area (Å²) in [4.78, 5) is 16.7. The van der Waals surface area contributed by atoms with Gasteiger partial charge in [0.2, 0.25) is 5.91 Å². The Hall–Kier alpha value is -2.96. The Kier molecular flexibility index (Phi) is 4.41. The Labute approximate surface area is 136 Å². The van der Waals surface area contributed by atoms with Gasteiger partial charge in [0, 0.05) is 5.69 Å². The van der Waals surface area contributed by atoms with E-state index in [1.54, 1.807) is 17.8 Å². The molecule has 7 heteroatoms. The highest BCUT2D eigenvalue weighted by molar-refractivity contribution is 5.94. The van der Waals surface area contributed by atoms with E-state index in [9.17, 15) is 13.6 Å². The van der Waals surface area contributed by atoms with E-state index in [1.165, 1.54) is 24.3 Å². The fourth-order valence-electron chi connectivity index (χ4n) is 2.38. The number of ether oxygens (including phenoxy) is 1. The quantitative estimate of drug-likeness (QED) is 0.773. The molecule has 5 nitrogen and oxygen atoms in total. The molecule has 0 aliphatic heterocycles. The lowest BCUT2D eigenvalue weighted by molar-refractivity contribution is -0.118. The van der Waals surface area contributed by atoms with E-state index in [0.717, 1.165) is 11.0 Å². The number of carbonyl (C=O) groups is 1. The molecule has 0 bridgehead atoms. The second kappa shape index (κ2) is 6.66. The van der Waals surface area contributed by atoms with E-state index >= 15 is 0 Å². The van der Waals surface area contributed by atoms with Crippen LogP contribution in [0.4, 0.5) is 14.5 Å². The molecule has 0 saturated carbocycles. The van der Waals surface area contributed by atoms with Crippen LogP contribution in [0.5, 0.6) is 5.75 Å². The molecular formula is C17H15F2N3O2. The molecule has 0 saturated heterocycles. The summed E-state index contributed by atoms with van der Waals surface area (Å²) in [5, 5.41) is 2.74. The van der Waals surface area contributed by atoms with Crippen molar-refractivity contribution in [2.45, 2.75) is 19.6 Å². The van der Waals surface area contributed by atoms with Crippen molar-refractivity contribution in [1.29, 1.82) is 0 Å². The molecule has 0 aliphatic carbocycles. The summed E-state index contributed by atoms with van der Waals surface area (Å²) in [6.45, 7) is -1.11. The second-order valence-corrected chi connectivity index (χ2v) is 5.21. The molecule has 3 aromatic rings. The Bertz CT molecular complexity index is 846. The predicted octanol–water partition coefficient (Wildman–Crippen LogP) is 3.84. The molecule has 1 unspecified atom stereocenters. The van der Waals surface area contributed by atoms with Crippen LogP contribution in [0, 0.1) is 0 Å². The number of fused-ring (bicyclic) bond motifs is 1. The van der Waals surface area contributed by atoms with Crippen LogP contribution in [0.3, 0.4) is 0 Å². The van der Waals surface area contributed by atoms with Crippen molar-refractivity contribution < 1.29 is 18.3 Å². The fourth-order valence-corrected chi connectivity index (χ4v) is 2.38. The average Bonchev–Trinajstić information content (AvgIpc) is 2.99. The summed E-state index contributed by atoms with van der Waals surface area (Å²) in [7, 11) is 0. The smallest absolute Gasteiger partial charge is 0.387 e. The van der Waals surface area contributed by atoms with Crippen LogP contribution in [0.25, 0.3) is 11.0 Å². The van der Waals surface area contributed by atoms with Crippen molar-refractivity contribution in [2.24, 2.45) is 0 Å². The van der Waals surface area contributed by atoms with Crippen LogP contribution in [0.2, 0.25) is 0 Å². The van der Waals surface area contributed by atoms with E-state index in [4.69, 9.17) is 0 Å². The van der Waals surface area contributed by atoms with Gasteiger partial charge in [-0.05, 0) is 43.3 Å². The summed E-state index contributed by atoms with van der Waals surface area (Å²) in [6, 6.07) is 12.8. The van der Waals surface area contributed by atoms with Gasteiger partial charge in [-0.3, -0.25) is 4.79 Å². The SMILES string of the molecule is CC(C(=O)Nc1ccc(OC(F)F)cc1)n1cnc2ccccc21. The number of imidazole rings is 1. The number of hydrogen-bond acceptors (Lipinski definition) is 3. The molecule has 1 atom stereocenters. The summed E-state index contributed by atoms with van der Waals surface area (Å²) in [5.74, 6) is -0.197. The van der Waals surface area contributed by atoms with E-state index in [0.29, 0.717) is 5.69 Å². The third-order valence-corrected chi connectivity index (χ3v) is 3.62. The summed E-state index contributed by atoms with van der Waals surface area (Å²) in [6.07, 6.45) is 1.62. The number of nitrogens with zero attached hydrogens (tertiary/aromatic N) is 2. The maximum absolute atomic E-state index is 12.4. The second-order valence-electron chi connectivity index (χ2n) is 5.21. The van der Waals surface area contributed by atoms with Crippen LogP contribution < -0.4 is 10.1 Å². The minimum Gasteiger partial charge on any atom is -0.435 e. The number of benzene rings is 2. The first-order valence-corrected chi connectivity index (χ1v) is 7.32. The molecule has 1 heterocycles. The van der Waals surface area contributed by atoms with Crippen molar-refractivity contribution in [3.05, 3.63) is 54.9 Å². The number of carbonyl (C=O) groups excluding carboxylic acids is 1. The van der Waals surface area contributed by atoms with Gasteiger partial charge < -0.3 is 14.6 Å². The van der Waals surface area contributed by atoms with Gasteiger partial charge in [0.05, 0.1) is 17.4 Å². The lowest BCUT2D eigenvalue weighted by atomic mass is 10.2. The number of amides is 1. The zero-order chi connectivity index (χ0) is 17.1. The van der Waals surface area contributed by atoms with E-state index in [2.05, 4.69) is 15.0 Å². The zero-order valence-electron chi connectivity index (χ0n) is 12.8. The maximum Gasteiger partial charge on any atom is 0.387 e. The predicted molar refractivity (Wildman–Crippen MR) is 86.1 cm³/mol. The number of nitrogens with one attached hydrogen (secondary N) is 1. The highest BCUT2D eigenvalue weighted by Crippen LogP contribution is 2.21. The molecule has 1 N–H and O–H groups in total. The van der Waals surface area contributed by atoms with Crippen LogP contribution in [-0.2, 0) is 4.79 Å². The van der Waals surface area contributed by atoms with Gasteiger partial charge in [-0.25, -0.2) is 4.98 Å². The average molecular weight is 331 g/mol. The maximum atomic E-state index is 12.4. The molecule has 2 aromatic carbocycles. The molecule has 24 heavy (non-hydrogen) atoms. The monoisotopic (exact) mass is 331 g/mol. The Balaban J connectivity index is 1.72. The Morgan fingerprint density at radius 1 is 1.17 bits per heavy atom. The molecule has 1 aromatic heterocycles. The lowest BCUT2D eigenvalue weighted by Crippen LogP contribution is -2.23. The van der Waals surface area contributed by atoms with Crippen LogP contribution >= 0.6 is 0 Å². The topological polar surface area (TPSA) is 56.1 Å². The van der Waals surface area contributed by atoms with Crippen LogP contribution in [-0.4, -0.2) is 22.1 Å². The van der Waals surface area contributed by atoms with E-state index in [-0.39, 0.29) is 11.7 Å². The molecule has 0 aliphatic rings. The minimum absolute atomic E-state index is 0.0386. The summed E-state index contributed by atoms with van der Waals surface area (Å²) >= 11 is 0. The molecular weight excluding hydrogens is 316 g/mol. The first kappa shape index (κ1) is 15.9. The van der Waals surface area contributed by atoms with Gasteiger partial charge in [0.1, 0.15) is 11.8 Å². The summed E-state index contributed by atoms with van der Waals surface area (Å²) in [5.41, 5.74) is 2.17. The third-order valence-electron chi connectivity index (χ3n) is 3.62. The van der Waals surface area contributed by atoms with Crippen molar-refractivity contribution >= 4 is 22.6 Å². The van der Waals surface area contributed by atoms with Gasteiger partial charge in [-0.2, -0.15) is 8.78 Å². The molecule has 0 fully saturated rings. The number of aromatic nitrogens is 2. The van der Waals surface area contributed by atoms with Crippen molar-refractivity contribution in [3.63, 3.8) is 0 Å². The van der Waals surface area contributed by atoms with Crippen LogP contribution in [0.1, 0.15) is 13.0 Å². The number of hydrogen-bond donors (Lipinski definition) is 1. The highest BCUT2D eigenvalue weighted by Gasteiger charge is 2.17. The highest BCUT2D eigenvalue weighted by atomic mass is 19.3. The molecule has 0 radical (unpaired) electrons. The van der Waals surface area contributed by atoms with Gasteiger partial charge in [0.15, 0.2) is 0 Å². The first-order valence-electron chi connectivity index (χ1n) is 7.32. The van der Waals surface area contributed by atoms with Gasteiger partial charge in [-0.15, -0.1) is 0 Å². The number of anilines is 1. The molecule has 124 valence electrons. The van der Waals surface area contributed by atoms with Crippen molar-refractivity contribution in [1.82, 2.24) is 9.55 Å². The third kappa shape index (κ3) is 3.34. The van der Waals surface area contributed by atoms with Crippen LogP contribution in [0.15, 0.2) is 54.9 Å². The number of para-hydroxylation sites is 2. The standard InChI is InChI=1S/C17H15F2N3O2/c1-11(22-10-20-14-4-2-3-5-15(14)22)16(23)21-12-6-8-13(9-7-12)24-17(18)19/h2-11,17H,1H3,(H,21,23). The number of rotatable bonds is 5. The first-order chi connectivity index (χ1) is 11.5. The van der Waals surface area contributed by atoms with Gasteiger partial charge in [0.25, 0.3) is 0 Å². The summed E-state index contributed by atoms with van der Waals surface area (Å²) < 4.78 is 30.3. The number of halogens is 2. The molecule has 1 amide bonds. The molecule has 0 spiro atoms. The normalized spacial score (nSPS) is 12.3. The fraction of sp³-hybridized carbons (Fsp3) is 0.176.